The van der Waals surface area contributed by atoms with Crippen molar-refractivity contribution in [3.63, 3.8) is 0 Å². The number of Topliss-reactive ketones (excluding diaryl/α,β-unsaturated/α-hetero) is 1. The topological polar surface area (TPSA) is 54.4 Å². The maximum atomic E-state index is 12.3. The number of hydrogen-bond donors (Lipinski definition) is 1. The van der Waals surface area contributed by atoms with Gasteiger partial charge in [0.1, 0.15) is 0 Å². The maximum absolute atomic E-state index is 12.3. The smallest absolute Gasteiger partial charge is 0.307 e. The van der Waals surface area contributed by atoms with Crippen molar-refractivity contribution in [3.8, 4) is 0 Å². The third-order valence-electron chi connectivity index (χ3n) is 3.50. The van der Waals surface area contributed by atoms with Gasteiger partial charge in [0.15, 0.2) is 5.78 Å². The van der Waals surface area contributed by atoms with Gasteiger partial charge in [0.25, 0.3) is 0 Å². The third-order valence-corrected chi connectivity index (χ3v) is 3.50. The molecule has 1 fully saturated rings. The van der Waals surface area contributed by atoms with Crippen molar-refractivity contribution in [3.05, 3.63) is 48.0 Å². The molecule has 0 saturated heterocycles. The van der Waals surface area contributed by atoms with Crippen molar-refractivity contribution in [2.45, 2.75) is 6.42 Å². The molecule has 0 amide bonds. The molecule has 0 aromatic heterocycles. The fourth-order valence-corrected chi connectivity index (χ4v) is 2.40. The van der Waals surface area contributed by atoms with E-state index in [1.807, 2.05) is 36.4 Å². The number of hydrogen-bond acceptors (Lipinski definition) is 2. The molecular weight excluding hydrogens is 228 g/mol. The van der Waals surface area contributed by atoms with E-state index in [0.29, 0.717) is 12.0 Å². The van der Waals surface area contributed by atoms with Crippen molar-refractivity contribution in [1.29, 1.82) is 0 Å². The van der Waals surface area contributed by atoms with E-state index in [1.165, 1.54) is 0 Å². The molecule has 2 unspecified atom stereocenters. The summed E-state index contributed by atoms with van der Waals surface area (Å²) in [4.78, 5) is 23.1. The van der Waals surface area contributed by atoms with Gasteiger partial charge in [0.2, 0.25) is 0 Å². The van der Waals surface area contributed by atoms with Crippen LogP contribution in [-0.2, 0) is 4.79 Å². The predicted octanol–water partition coefficient (Wildman–Crippen LogP) is 2.74. The molecule has 0 bridgehead atoms. The summed E-state index contributed by atoms with van der Waals surface area (Å²) < 4.78 is 0. The molecule has 0 radical (unpaired) electrons. The van der Waals surface area contributed by atoms with Crippen LogP contribution in [0.3, 0.4) is 0 Å². The molecule has 2 atom stereocenters. The van der Waals surface area contributed by atoms with Crippen molar-refractivity contribution < 1.29 is 14.7 Å². The summed E-state index contributed by atoms with van der Waals surface area (Å²) in [7, 11) is 0. The van der Waals surface area contributed by atoms with Crippen LogP contribution in [0.15, 0.2) is 42.5 Å². The van der Waals surface area contributed by atoms with E-state index in [4.69, 9.17) is 5.11 Å². The Morgan fingerprint density at radius 1 is 1.00 bits per heavy atom. The van der Waals surface area contributed by atoms with E-state index in [-0.39, 0.29) is 11.7 Å². The summed E-state index contributed by atoms with van der Waals surface area (Å²) in [5.41, 5.74) is 0.641. The van der Waals surface area contributed by atoms with Crippen LogP contribution in [0, 0.1) is 11.8 Å². The van der Waals surface area contributed by atoms with Crippen molar-refractivity contribution in [1.82, 2.24) is 0 Å². The number of rotatable bonds is 3. The summed E-state index contributed by atoms with van der Waals surface area (Å²) >= 11 is 0. The molecule has 1 N–H and O–H groups in total. The van der Waals surface area contributed by atoms with Gasteiger partial charge in [-0.2, -0.15) is 0 Å². The maximum Gasteiger partial charge on any atom is 0.307 e. The Hall–Kier alpha value is -2.16. The Labute approximate surface area is 104 Å². The lowest BCUT2D eigenvalue weighted by atomic mass is 9.98. The van der Waals surface area contributed by atoms with Gasteiger partial charge < -0.3 is 5.11 Å². The molecule has 2 aromatic rings. The molecule has 2 aromatic carbocycles. The van der Waals surface area contributed by atoms with E-state index >= 15 is 0 Å². The molecule has 0 heterocycles. The number of carboxylic acid groups (broad SMARTS) is 1. The minimum atomic E-state index is -0.867. The number of carboxylic acids is 1. The van der Waals surface area contributed by atoms with Gasteiger partial charge in [-0.15, -0.1) is 0 Å². The van der Waals surface area contributed by atoms with Gasteiger partial charge in [-0.05, 0) is 17.2 Å². The number of benzene rings is 2. The fourth-order valence-electron chi connectivity index (χ4n) is 2.40. The van der Waals surface area contributed by atoms with Gasteiger partial charge in [-0.1, -0.05) is 42.5 Å². The first-order valence-corrected chi connectivity index (χ1v) is 5.93. The zero-order chi connectivity index (χ0) is 12.7. The molecule has 0 spiro atoms. The average molecular weight is 240 g/mol. The summed E-state index contributed by atoms with van der Waals surface area (Å²) in [5, 5.41) is 10.8. The van der Waals surface area contributed by atoms with Crippen LogP contribution in [0.1, 0.15) is 16.8 Å². The zero-order valence-electron chi connectivity index (χ0n) is 9.67. The number of carbonyl (C=O) groups excluding carboxylic acids is 1. The second-order valence-electron chi connectivity index (χ2n) is 4.68. The first-order valence-electron chi connectivity index (χ1n) is 5.93. The van der Waals surface area contributed by atoms with Crippen LogP contribution in [-0.4, -0.2) is 16.9 Å². The Morgan fingerprint density at radius 3 is 2.44 bits per heavy atom. The highest BCUT2D eigenvalue weighted by Gasteiger charge is 2.48. The third kappa shape index (κ3) is 1.68. The van der Waals surface area contributed by atoms with Gasteiger partial charge >= 0.3 is 5.97 Å². The first-order chi connectivity index (χ1) is 8.68. The van der Waals surface area contributed by atoms with E-state index in [9.17, 15) is 9.59 Å². The van der Waals surface area contributed by atoms with E-state index in [0.717, 1.165) is 10.8 Å². The monoisotopic (exact) mass is 240 g/mol. The molecule has 1 aliphatic rings. The Balaban J connectivity index is 2.00. The largest absolute Gasteiger partial charge is 0.481 e. The quantitative estimate of drug-likeness (QED) is 0.839. The van der Waals surface area contributed by atoms with Crippen LogP contribution in [0.5, 0.6) is 0 Å². The number of carbonyl (C=O) groups is 2. The molecule has 3 nitrogen and oxygen atoms in total. The molecule has 3 heteroatoms. The van der Waals surface area contributed by atoms with Gasteiger partial charge in [-0.3, -0.25) is 9.59 Å². The van der Waals surface area contributed by atoms with Crippen molar-refractivity contribution in [2.24, 2.45) is 11.8 Å². The number of ketones is 1. The Morgan fingerprint density at radius 2 is 1.72 bits per heavy atom. The average Bonchev–Trinajstić information content (AvgIpc) is 3.17. The highest BCUT2D eigenvalue weighted by atomic mass is 16.4. The second-order valence-corrected chi connectivity index (χ2v) is 4.68. The number of fused-ring (bicyclic) bond motifs is 1. The molecule has 18 heavy (non-hydrogen) atoms. The highest BCUT2D eigenvalue weighted by molar-refractivity contribution is 6.11. The predicted molar refractivity (Wildman–Crippen MR) is 67.5 cm³/mol. The standard InChI is InChI=1S/C15H12O3/c16-14(12-8-13(12)15(17)18)11-7-3-5-9-4-1-2-6-10(9)11/h1-7,12-13H,8H2,(H,17,18). The van der Waals surface area contributed by atoms with Crippen LogP contribution in [0.25, 0.3) is 10.8 Å². The normalized spacial score (nSPS) is 21.8. The number of aliphatic carboxylic acids is 1. The molecule has 1 aliphatic carbocycles. The van der Waals surface area contributed by atoms with E-state index < -0.39 is 11.9 Å². The molecule has 3 rings (SSSR count). The van der Waals surface area contributed by atoms with Crippen LogP contribution in [0.4, 0.5) is 0 Å². The van der Waals surface area contributed by atoms with E-state index in [1.54, 1.807) is 6.07 Å². The molecule has 1 saturated carbocycles. The lowest BCUT2D eigenvalue weighted by Crippen LogP contribution is -2.08. The fraction of sp³-hybridized carbons (Fsp3) is 0.200. The first kappa shape index (κ1) is 11.0. The summed E-state index contributed by atoms with van der Waals surface area (Å²) in [5.74, 6) is -1.74. The van der Waals surface area contributed by atoms with Gasteiger partial charge in [0.05, 0.1) is 5.92 Å². The van der Waals surface area contributed by atoms with Crippen LogP contribution in [0.2, 0.25) is 0 Å². The molecule has 0 aliphatic heterocycles. The SMILES string of the molecule is O=C(O)C1CC1C(=O)c1cccc2ccccc12. The molecular formula is C15H12O3. The second kappa shape index (κ2) is 3.95. The summed E-state index contributed by atoms with van der Waals surface area (Å²) in [6.07, 6.45) is 0.470. The summed E-state index contributed by atoms with van der Waals surface area (Å²) in [6, 6.07) is 13.2. The summed E-state index contributed by atoms with van der Waals surface area (Å²) in [6.45, 7) is 0. The minimum absolute atomic E-state index is 0.0424. The van der Waals surface area contributed by atoms with Crippen LogP contribution < -0.4 is 0 Å². The Kier molecular flexibility index (Phi) is 2.40. The van der Waals surface area contributed by atoms with Gasteiger partial charge in [0, 0.05) is 11.5 Å². The zero-order valence-corrected chi connectivity index (χ0v) is 9.67. The van der Waals surface area contributed by atoms with Crippen molar-refractivity contribution >= 4 is 22.5 Å². The van der Waals surface area contributed by atoms with Crippen LogP contribution >= 0.6 is 0 Å². The van der Waals surface area contributed by atoms with Gasteiger partial charge in [-0.25, -0.2) is 0 Å². The Bertz CT molecular complexity index is 640. The molecule has 90 valence electrons. The van der Waals surface area contributed by atoms with Crippen molar-refractivity contribution in [2.75, 3.05) is 0 Å². The lowest BCUT2D eigenvalue weighted by molar-refractivity contribution is -0.138. The minimum Gasteiger partial charge on any atom is -0.481 e. The van der Waals surface area contributed by atoms with E-state index in [2.05, 4.69) is 0 Å². The lowest BCUT2D eigenvalue weighted by Gasteiger charge is -2.04. The highest BCUT2D eigenvalue weighted by Crippen LogP contribution is 2.42.